The summed E-state index contributed by atoms with van der Waals surface area (Å²) in [7, 11) is -4.20. The van der Waals surface area contributed by atoms with Crippen molar-refractivity contribution in [3.05, 3.63) is 63.3 Å². The Balaban J connectivity index is 1.30. The zero-order chi connectivity index (χ0) is 32.9. The van der Waals surface area contributed by atoms with Crippen LogP contribution in [-0.4, -0.2) is 87.0 Å². The number of sulfonamides is 1. The minimum absolute atomic E-state index is 0.0326. The van der Waals surface area contributed by atoms with E-state index in [-0.39, 0.29) is 27.5 Å². The Morgan fingerprint density at radius 3 is 2.52 bits per heavy atom. The van der Waals surface area contributed by atoms with Gasteiger partial charge in [0.05, 0.1) is 5.02 Å². The molecule has 10 nitrogen and oxygen atoms in total. The van der Waals surface area contributed by atoms with Gasteiger partial charge < -0.3 is 20.7 Å². The molecule has 0 atom stereocenters. The third kappa shape index (κ3) is 7.78. The summed E-state index contributed by atoms with van der Waals surface area (Å²) < 4.78 is 36.9. The number of amides is 1. The number of aryl methyl sites for hydroxylation is 2. The first-order chi connectivity index (χ1) is 22.0. The fourth-order valence-corrected chi connectivity index (χ4v) is 8.76. The molecule has 1 aliphatic heterocycles. The maximum Gasteiger partial charge on any atom is 0.243 e. The van der Waals surface area contributed by atoms with Crippen molar-refractivity contribution in [2.45, 2.75) is 63.0 Å². The number of carbonyl (C=O) groups is 1. The monoisotopic (exact) mass is 690 g/mol. The first kappa shape index (κ1) is 34.8. The number of para-hydroxylation sites is 1. The molecule has 0 unspecified atom stereocenters. The highest BCUT2D eigenvalue weighted by Crippen LogP contribution is 2.37. The fourth-order valence-electron chi connectivity index (χ4n) is 6.45. The van der Waals surface area contributed by atoms with Crippen LogP contribution in [0.2, 0.25) is 10.0 Å². The number of benzene rings is 2. The number of piperazine rings is 1. The number of nitrogens with one attached hydrogen (secondary N) is 2. The number of hydrogen-bond acceptors (Lipinski definition) is 8. The van der Waals surface area contributed by atoms with E-state index >= 15 is 0 Å². The van der Waals surface area contributed by atoms with Crippen molar-refractivity contribution in [1.29, 1.82) is 0 Å². The van der Waals surface area contributed by atoms with Gasteiger partial charge in [0.2, 0.25) is 15.9 Å². The van der Waals surface area contributed by atoms with E-state index in [0.717, 1.165) is 68.6 Å². The third-order valence-electron chi connectivity index (χ3n) is 8.97. The van der Waals surface area contributed by atoms with Crippen molar-refractivity contribution in [3.8, 4) is 5.75 Å². The molecule has 1 saturated heterocycles. The molecule has 2 fully saturated rings. The molecule has 1 aliphatic carbocycles. The molecule has 13 heteroatoms. The maximum atomic E-state index is 14.0. The smallest absolute Gasteiger partial charge is 0.243 e. The van der Waals surface area contributed by atoms with E-state index < -0.39 is 15.6 Å². The van der Waals surface area contributed by atoms with Crippen LogP contribution in [0.5, 0.6) is 5.75 Å². The van der Waals surface area contributed by atoms with Gasteiger partial charge in [-0.05, 0) is 76.0 Å². The van der Waals surface area contributed by atoms with Gasteiger partial charge in [0.25, 0.3) is 0 Å². The van der Waals surface area contributed by atoms with Crippen molar-refractivity contribution < 1.29 is 17.9 Å². The summed E-state index contributed by atoms with van der Waals surface area (Å²) in [6.45, 7) is 9.78. The van der Waals surface area contributed by atoms with Crippen LogP contribution in [0.15, 0.2) is 41.3 Å². The minimum Gasteiger partial charge on any atom is -0.487 e. The summed E-state index contributed by atoms with van der Waals surface area (Å²) in [4.78, 5) is 22.6. The van der Waals surface area contributed by atoms with Crippen LogP contribution in [0, 0.1) is 13.8 Å². The molecule has 5 rings (SSSR count). The number of nitrogens with two attached hydrogens (primary N) is 1. The topological polar surface area (TPSA) is 130 Å². The Kier molecular flexibility index (Phi) is 11.5. The van der Waals surface area contributed by atoms with Gasteiger partial charge in [-0.2, -0.15) is 4.72 Å². The largest absolute Gasteiger partial charge is 0.487 e. The molecule has 1 amide bonds. The number of fused-ring (bicyclic) bond motifs is 1. The number of halogens is 2. The number of ether oxygens (including phenoxy) is 1. The molecular formula is C33H44Cl2N6O4S. The molecule has 250 valence electrons. The van der Waals surface area contributed by atoms with E-state index in [0.29, 0.717) is 49.3 Å². The lowest BCUT2D eigenvalue weighted by Gasteiger charge is -2.40. The van der Waals surface area contributed by atoms with E-state index in [9.17, 15) is 13.2 Å². The fraction of sp³-hybridized carbons (Fsp3) is 0.515. The second kappa shape index (κ2) is 15.1. The standard InChI is InChI=1S/C33H44Cl2N6O4S/c1-23-21-24(2)38-31-25(23)7-5-8-28(31)45-22-26-27(34)9-10-29(30(26)35)46(43,44)39-33(11-3-4-12-33)32(42)41-19-17-40(18-20-41)16-15-37-14-6-13-36/h5,7-10,21,37,39H,3-4,6,11-20,22,36H2,1-2H3. The summed E-state index contributed by atoms with van der Waals surface area (Å²) in [5.74, 6) is 0.373. The Hall–Kier alpha value is -2.51. The highest BCUT2D eigenvalue weighted by molar-refractivity contribution is 7.89. The molecule has 2 aliphatic rings. The van der Waals surface area contributed by atoms with Gasteiger partial charge in [0, 0.05) is 60.9 Å². The molecule has 0 spiro atoms. The van der Waals surface area contributed by atoms with Crippen LogP contribution in [0.4, 0.5) is 0 Å². The van der Waals surface area contributed by atoms with Crippen LogP contribution >= 0.6 is 23.2 Å². The predicted molar refractivity (Wildman–Crippen MR) is 183 cm³/mol. The van der Waals surface area contributed by atoms with E-state index in [2.05, 4.69) is 19.9 Å². The van der Waals surface area contributed by atoms with Gasteiger partial charge in [0.15, 0.2) is 0 Å². The van der Waals surface area contributed by atoms with Gasteiger partial charge in [0.1, 0.15) is 28.3 Å². The molecule has 3 aromatic rings. The molecule has 0 bridgehead atoms. The van der Waals surface area contributed by atoms with Crippen LogP contribution in [0.25, 0.3) is 10.9 Å². The SMILES string of the molecule is Cc1cc(C)c2cccc(OCc3c(Cl)ccc(S(=O)(=O)NC4(C(=O)N5CCN(CCNCCCN)CC5)CCCC4)c3Cl)c2n1. The van der Waals surface area contributed by atoms with Gasteiger partial charge in [-0.15, -0.1) is 0 Å². The highest BCUT2D eigenvalue weighted by atomic mass is 35.5. The Bertz CT molecular complexity index is 1660. The Morgan fingerprint density at radius 1 is 1.07 bits per heavy atom. The van der Waals surface area contributed by atoms with Gasteiger partial charge in [-0.3, -0.25) is 9.69 Å². The van der Waals surface area contributed by atoms with Crippen LogP contribution in [0.1, 0.15) is 48.9 Å². The van der Waals surface area contributed by atoms with Crippen molar-refractivity contribution in [3.63, 3.8) is 0 Å². The normalized spacial score (nSPS) is 17.1. The number of hydrogen-bond donors (Lipinski definition) is 3. The molecule has 1 saturated carbocycles. The Labute approximate surface area is 282 Å². The van der Waals surface area contributed by atoms with Gasteiger partial charge in [-0.1, -0.05) is 48.2 Å². The minimum atomic E-state index is -4.20. The highest BCUT2D eigenvalue weighted by Gasteiger charge is 2.47. The molecular weight excluding hydrogens is 647 g/mol. The quantitative estimate of drug-likeness (QED) is 0.225. The summed E-state index contributed by atoms with van der Waals surface area (Å²) in [5.41, 5.74) is 7.33. The number of nitrogens with zero attached hydrogens (tertiary/aromatic N) is 3. The van der Waals surface area contributed by atoms with Crippen molar-refractivity contribution in [1.82, 2.24) is 24.8 Å². The average molecular weight is 692 g/mol. The summed E-state index contributed by atoms with van der Waals surface area (Å²) in [6, 6.07) is 10.6. The average Bonchev–Trinajstić information content (AvgIpc) is 3.49. The van der Waals surface area contributed by atoms with Crippen molar-refractivity contribution in [2.75, 3.05) is 52.4 Å². The first-order valence-corrected chi connectivity index (χ1v) is 18.2. The van der Waals surface area contributed by atoms with Crippen LogP contribution in [-0.2, 0) is 21.4 Å². The third-order valence-corrected chi connectivity index (χ3v) is 11.4. The van der Waals surface area contributed by atoms with E-state index in [4.69, 9.17) is 33.7 Å². The number of rotatable bonds is 13. The van der Waals surface area contributed by atoms with Gasteiger partial charge in [-0.25, -0.2) is 13.4 Å². The zero-order valence-corrected chi connectivity index (χ0v) is 28.9. The molecule has 2 aromatic carbocycles. The van der Waals surface area contributed by atoms with Crippen LogP contribution in [0.3, 0.4) is 0 Å². The predicted octanol–water partition coefficient (Wildman–Crippen LogP) is 4.41. The summed E-state index contributed by atoms with van der Waals surface area (Å²) >= 11 is 13.3. The lowest BCUT2D eigenvalue weighted by molar-refractivity contribution is -0.139. The molecule has 2 heterocycles. The first-order valence-electron chi connectivity index (χ1n) is 16.0. The zero-order valence-electron chi connectivity index (χ0n) is 26.6. The lowest BCUT2D eigenvalue weighted by atomic mass is 9.96. The second-order valence-electron chi connectivity index (χ2n) is 12.3. The lowest BCUT2D eigenvalue weighted by Crippen LogP contribution is -2.61. The second-order valence-corrected chi connectivity index (χ2v) is 14.7. The molecule has 1 aromatic heterocycles. The van der Waals surface area contributed by atoms with E-state index in [1.807, 2.05) is 38.1 Å². The van der Waals surface area contributed by atoms with Gasteiger partial charge >= 0.3 is 0 Å². The molecule has 0 radical (unpaired) electrons. The number of pyridine rings is 1. The van der Waals surface area contributed by atoms with Crippen LogP contribution < -0.4 is 20.5 Å². The maximum absolute atomic E-state index is 14.0. The summed E-state index contributed by atoms with van der Waals surface area (Å²) in [5, 5.41) is 4.60. The van der Waals surface area contributed by atoms with E-state index in [1.54, 1.807) is 4.90 Å². The molecule has 4 N–H and O–H groups in total. The van der Waals surface area contributed by atoms with E-state index in [1.165, 1.54) is 12.1 Å². The van der Waals surface area contributed by atoms with Crippen molar-refractivity contribution >= 4 is 50.0 Å². The molecule has 46 heavy (non-hydrogen) atoms. The van der Waals surface area contributed by atoms with Crippen molar-refractivity contribution in [2.24, 2.45) is 5.73 Å². The Morgan fingerprint density at radius 2 is 1.80 bits per heavy atom. The number of aromatic nitrogens is 1. The number of carbonyl (C=O) groups excluding carboxylic acids is 1. The summed E-state index contributed by atoms with van der Waals surface area (Å²) in [6.07, 6.45) is 3.33.